The van der Waals surface area contributed by atoms with E-state index in [0.29, 0.717) is 0 Å². The molecule has 2 bridgehead atoms. The standard InChI is InChI=1S/C9H15N/c1-7(2)10-6-8-3-4-9(10)5-8/h3-4,7-9H,5-6H2,1-2H3/t8-,9+/m0/s1. The molecule has 2 atom stereocenters. The molecule has 0 aromatic rings. The highest BCUT2D eigenvalue weighted by Gasteiger charge is 2.34. The van der Waals surface area contributed by atoms with Crippen LogP contribution in [0.15, 0.2) is 12.2 Å². The van der Waals surface area contributed by atoms with E-state index >= 15 is 0 Å². The summed E-state index contributed by atoms with van der Waals surface area (Å²) in [6.07, 6.45) is 6.13. The molecule has 2 rings (SSSR count). The molecule has 0 saturated carbocycles. The summed E-state index contributed by atoms with van der Waals surface area (Å²) in [5.41, 5.74) is 0. The number of rotatable bonds is 1. The highest BCUT2D eigenvalue weighted by Crippen LogP contribution is 2.32. The molecule has 56 valence electrons. The van der Waals surface area contributed by atoms with E-state index in [2.05, 4.69) is 30.9 Å². The molecular weight excluding hydrogens is 122 g/mol. The third-order valence-corrected chi connectivity index (χ3v) is 2.68. The Morgan fingerprint density at radius 1 is 1.40 bits per heavy atom. The van der Waals surface area contributed by atoms with Gasteiger partial charge in [-0.2, -0.15) is 0 Å². The third kappa shape index (κ3) is 0.807. The zero-order chi connectivity index (χ0) is 7.14. The van der Waals surface area contributed by atoms with Gasteiger partial charge in [-0.05, 0) is 26.2 Å². The van der Waals surface area contributed by atoms with Gasteiger partial charge in [0.1, 0.15) is 0 Å². The van der Waals surface area contributed by atoms with E-state index in [-0.39, 0.29) is 0 Å². The minimum Gasteiger partial charge on any atom is -0.294 e. The van der Waals surface area contributed by atoms with Gasteiger partial charge in [0.15, 0.2) is 0 Å². The van der Waals surface area contributed by atoms with Crippen LogP contribution in [-0.2, 0) is 0 Å². The van der Waals surface area contributed by atoms with Crippen molar-refractivity contribution in [3.63, 3.8) is 0 Å². The van der Waals surface area contributed by atoms with Crippen LogP contribution in [-0.4, -0.2) is 23.5 Å². The Bertz CT molecular complexity index is 160. The van der Waals surface area contributed by atoms with Crippen molar-refractivity contribution in [1.82, 2.24) is 4.90 Å². The molecule has 1 aliphatic carbocycles. The zero-order valence-electron chi connectivity index (χ0n) is 6.75. The fraction of sp³-hybridized carbons (Fsp3) is 0.778. The van der Waals surface area contributed by atoms with E-state index in [1.807, 2.05) is 0 Å². The summed E-state index contributed by atoms with van der Waals surface area (Å²) in [7, 11) is 0. The summed E-state index contributed by atoms with van der Waals surface area (Å²) in [6.45, 7) is 5.88. The van der Waals surface area contributed by atoms with Crippen molar-refractivity contribution in [2.24, 2.45) is 5.92 Å². The van der Waals surface area contributed by atoms with E-state index in [9.17, 15) is 0 Å². The molecule has 1 saturated heterocycles. The summed E-state index contributed by atoms with van der Waals surface area (Å²) in [5, 5.41) is 0. The van der Waals surface area contributed by atoms with E-state index in [1.54, 1.807) is 0 Å². The molecule has 0 unspecified atom stereocenters. The average molecular weight is 137 g/mol. The molecule has 1 aliphatic heterocycles. The maximum Gasteiger partial charge on any atom is 0.0287 e. The molecule has 0 amide bonds. The van der Waals surface area contributed by atoms with Gasteiger partial charge < -0.3 is 0 Å². The summed E-state index contributed by atoms with van der Waals surface area (Å²) in [6, 6.07) is 1.52. The minimum absolute atomic E-state index is 0.736. The Kier molecular flexibility index (Phi) is 1.34. The van der Waals surface area contributed by atoms with Gasteiger partial charge in [-0.25, -0.2) is 0 Å². The Labute approximate surface area is 62.7 Å². The number of fused-ring (bicyclic) bond motifs is 2. The lowest BCUT2D eigenvalue weighted by atomic mass is 10.2. The molecule has 0 aromatic carbocycles. The molecule has 1 fully saturated rings. The van der Waals surface area contributed by atoms with Crippen molar-refractivity contribution >= 4 is 0 Å². The van der Waals surface area contributed by atoms with E-state index < -0.39 is 0 Å². The average Bonchev–Trinajstić information content (AvgIpc) is 2.44. The lowest BCUT2D eigenvalue weighted by Gasteiger charge is -2.27. The van der Waals surface area contributed by atoms with Crippen LogP contribution in [0.5, 0.6) is 0 Å². The Hall–Kier alpha value is -0.300. The van der Waals surface area contributed by atoms with Gasteiger partial charge in [-0.1, -0.05) is 12.2 Å². The van der Waals surface area contributed by atoms with Crippen LogP contribution in [0.2, 0.25) is 0 Å². The number of likely N-dealkylation sites (tertiary alicyclic amines) is 1. The fourth-order valence-corrected chi connectivity index (χ4v) is 2.13. The van der Waals surface area contributed by atoms with Crippen molar-refractivity contribution in [3.8, 4) is 0 Å². The molecule has 1 heterocycles. The van der Waals surface area contributed by atoms with Crippen LogP contribution in [0, 0.1) is 5.92 Å². The first-order valence-electron chi connectivity index (χ1n) is 4.21. The molecule has 1 nitrogen and oxygen atoms in total. The number of hydrogen-bond donors (Lipinski definition) is 0. The summed E-state index contributed by atoms with van der Waals surface area (Å²) < 4.78 is 0. The first kappa shape index (κ1) is 6.41. The SMILES string of the molecule is CC(C)N1C[C@H]2C=C[C@@H]1C2. The van der Waals surface area contributed by atoms with Gasteiger partial charge in [0.25, 0.3) is 0 Å². The van der Waals surface area contributed by atoms with Crippen LogP contribution in [0.1, 0.15) is 20.3 Å². The second-order valence-corrected chi connectivity index (χ2v) is 3.74. The largest absolute Gasteiger partial charge is 0.294 e. The predicted octanol–water partition coefficient (Wildman–Crippen LogP) is 1.66. The van der Waals surface area contributed by atoms with Crippen LogP contribution in [0.3, 0.4) is 0 Å². The first-order valence-corrected chi connectivity index (χ1v) is 4.21. The van der Waals surface area contributed by atoms with Crippen molar-refractivity contribution in [2.75, 3.05) is 6.54 Å². The molecule has 0 aromatic heterocycles. The normalized spacial score (nSPS) is 38.3. The summed E-state index contributed by atoms with van der Waals surface area (Å²) in [4.78, 5) is 2.59. The first-order chi connectivity index (χ1) is 4.77. The van der Waals surface area contributed by atoms with Crippen LogP contribution >= 0.6 is 0 Å². The fourth-order valence-electron chi connectivity index (χ4n) is 2.13. The highest BCUT2D eigenvalue weighted by molar-refractivity contribution is 5.13. The third-order valence-electron chi connectivity index (χ3n) is 2.68. The van der Waals surface area contributed by atoms with E-state index in [1.165, 1.54) is 13.0 Å². The van der Waals surface area contributed by atoms with Crippen LogP contribution < -0.4 is 0 Å². The second-order valence-electron chi connectivity index (χ2n) is 3.74. The Morgan fingerprint density at radius 2 is 2.20 bits per heavy atom. The smallest absolute Gasteiger partial charge is 0.0287 e. The molecule has 0 radical (unpaired) electrons. The summed E-state index contributed by atoms with van der Waals surface area (Å²) >= 11 is 0. The molecule has 0 N–H and O–H groups in total. The minimum atomic E-state index is 0.736. The van der Waals surface area contributed by atoms with Gasteiger partial charge in [0, 0.05) is 18.6 Å². The Morgan fingerprint density at radius 3 is 2.50 bits per heavy atom. The van der Waals surface area contributed by atoms with Crippen molar-refractivity contribution in [1.29, 1.82) is 0 Å². The van der Waals surface area contributed by atoms with Crippen LogP contribution in [0.25, 0.3) is 0 Å². The van der Waals surface area contributed by atoms with Crippen molar-refractivity contribution in [3.05, 3.63) is 12.2 Å². The second kappa shape index (κ2) is 2.09. The van der Waals surface area contributed by atoms with Crippen molar-refractivity contribution < 1.29 is 0 Å². The predicted molar refractivity (Wildman–Crippen MR) is 42.9 cm³/mol. The number of nitrogens with zero attached hydrogens (tertiary/aromatic N) is 1. The molecule has 10 heavy (non-hydrogen) atoms. The molecule has 0 spiro atoms. The number of hydrogen-bond acceptors (Lipinski definition) is 1. The van der Waals surface area contributed by atoms with Gasteiger partial charge >= 0.3 is 0 Å². The monoisotopic (exact) mass is 137 g/mol. The van der Waals surface area contributed by atoms with Gasteiger partial charge in [-0.15, -0.1) is 0 Å². The lowest BCUT2D eigenvalue weighted by molar-refractivity contribution is 0.225. The van der Waals surface area contributed by atoms with Gasteiger partial charge in [-0.3, -0.25) is 4.90 Å². The topological polar surface area (TPSA) is 3.24 Å². The quantitative estimate of drug-likeness (QED) is 0.497. The molecule has 1 heteroatoms. The van der Waals surface area contributed by atoms with E-state index in [0.717, 1.165) is 18.0 Å². The van der Waals surface area contributed by atoms with Crippen LogP contribution in [0.4, 0.5) is 0 Å². The molecule has 2 aliphatic rings. The van der Waals surface area contributed by atoms with Gasteiger partial charge in [0.05, 0.1) is 0 Å². The zero-order valence-corrected chi connectivity index (χ0v) is 6.75. The molecular formula is C9H15N. The van der Waals surface area contributed by atoms with Gasteiger partial charge in [0.2, 0.25) is 0 Å². The van der Waals surface area contributed by atoms with E-state index in [4.69, 9.17) is 0 Å². The maximum atomic E-state index is 2.59. The summed E-state index contributed by atoms with van der Waals surface area (Å²) in [5.74, 6) is 0.882. The maximum absolute atomic E-state index is 2.59. The lowest BCUT2D eigenvalue weighted by Crippen LogP contribution is -2.35. The van der Waals surface area contributed by atoms with Crippen molar-refractivity contribution in [2.45, 2.75) is 32.4 Å². The highest BCUT2D eigenvalue weighted by atomic mass is 15.2. The Balaban J connectivity index is 2.09.